The molecule has 3 heterocycles. The Morgan fingerprint density at radius 2 is 1.96 bits per heavy atom. The number of aromatic nitrogens is 2. The normalized spacial score (nSPS) is 16.4. The molecule has 1 N–H and O–H groups in total. The molecule has 0 spiro atoms. The molecule has 25 heavy (non-hydrogen) atoms. The molecule has 0 atom stereocenters. The van der Waals surface area contributed by atoms with Crippen molar-refractivity contribution in [1.29, 1.82) is 0 Å². The molecular weight excluding hydrogens is 340 g/mol. The molecule has 1 saturated heterocycles. The van der Waals surface area contributed by atoms with Crippen LogP contribution >= 0.6 is 11.8 Å². The lowest BCUT2D eigenvalue weighted by Gasteiger charge is -2.14. The first-order chi connectivity index (χ1) is 12.1. The Bertz CT molecular complexity index is 839. The summed E-state index contributed by atoms with van der Waals surface area (Å²) in [6.07, 6.45) is 2.34. The minimum atomic E-state index is -0.392. The fraction of sp³-hybridized carbons (Fsp3) is 0.294. The van der Waals surface area contributed by atoms with Crippen molar-refractivity contribution in [2.24, 2.45) is 0 Å². The van der Waals surface area contributed by atoms with Crippen molar-refractivity contribution in [3.63, 3.8) is 0 Å². The third-order valence-electron chi connectivity index (χ3n) is 4.24. The molecule has 0 aliphatic carbocycles. The number of anilines is 1. The fourth-order valence-electron chi connectivity index (χ4n) is 2.99. The monoisotopic (exact) mass is 356 g/mol. The number of imide groups is 1. The van der Waals surface area contributed by atoms with Crippen molar-refractivity contribution in [1.82, 2.24) is 14.5 Å². The van der Waals surface area contributed by atoms with Crippen LogP contribution < -0.4 is 5.32 Å². The number of rotatable bonds is 4. The summed E-state index contributed by atoms with van der Waals surface area (Å²) < 4.78 is 2.10. The van der Waals surface area contributed by atoms with Gasteiger partial charge >= 0.3 is 0 Å². The van der Waals surface area contributed by atoms with Gasteiger partial charge in [-0.25, -0.2) is 4.98 Å². The Hall–Kier alpha value is -2.61. The van der Waals surface area contributed by atoms with E-state index in [2.05, 4.69) is 14.9 Å². The van der Waals surface area contributed by atoms with Gasteiger partial charge < -0.3 is 9.88 Å². The van der Waals surface area contributed by atoms with Crippen LogP contribution in [0.5, 0.6) is 0 Å². The maximum atomic E-state index is 12.3. The number of benzene rings is 1. The van der Waals surface area contributed by atoms with E-state index in [1.807, 2.05) is 24.4 Å². The average molecular weight is 356 g/mol. The molecule has 1 fully saturated rings. The lowest BCUT2D eigenvalue weighted by atomic mass is 10.1. The number of nitrogens with one attached hydrogen (secondary N) is 1. The molecule has 3 amide bonds. The molecule has 1 aromatic heterocycles. The topological polar surface area (TPSA) is 84.3 Å². The van der Waals surface area contributed by atoms with Gasteiger partial charge in [0.1, 0.15) is 6.54 Å². The molecule has 2 aliphatic heterocycles. The lowest BCUT2D eigenvalue weighted by molar-refractivity contribution is -0.141. The van der Waals surface area contributed by atoms with Gasteiger partial charge in [-0.15, -0.1) is 0 Å². The zero-order chi connectivity index (χ0) is 17.4. The van der Waals surface area contributed by atoms with Crippen LogP contribution in [0.25, 0.3) is 11.3 Å². The summed E-state index contributed by atoms with van der Waals surface area (Å²) in [4.78, 5) is 41.2. The number of nitrogens with zero attached hydrogens (tertiary/aromatic N) is 3. The van der Waals surface area contributed by atoms with Crippen molar-refractivity contribution in [2.45, 2.75) is 24.5 Å². The summed E-state index contributed by atoms with van der Waals surface area (Å²) in [5, 5.41) is 3.78. The van der Waals surface area contributed by atoms with Crippen LogP contribution in [0.15, 0.2) is 35.6 Å². The van der Waals surface area contributed by atoms with Gasteiger partial charge in [0, 0.05) is 36.9 Å². The van der Waals surface area contributed by atoms with Crippen LogP contribution in [0.2, 0.25) is 0 Å². The number of hydrogen-bond acceptors (Lipinski definition) is 5. The lowest BCUT2D eigenvalue weighted by Crippen LogP contribution is -2.36. The van der Waals surface area contributed by atoms with E-state index in [4.69, 9.17) is 0 Å². The van der Waals surface area contributed by atoms with Crippen LogP contribution in [0.1, 0.15) is 12.8 Å². The molecule has 4 rings (SSSR count). The molecule has 0 radical (unpaired) electrons. The second kappa shape index (κ2) is 6.36. The molecule has 7 nitrogen and oxygen atoms in total. The number of hydrogen-bond donors (Lipinski definition) is 1. The van der Waals surface area contributed by atoms with E-state index in [0.717, 1.165) is 33.6 Å². The summed E-state index contributed by atoms with van der Waals surface area (Å²) in [5.74, 6) is 0.0444. The number of carbonyl (C=O) groups excluding carboxylic acids is 3. The van der Waals surface area contributed by atoms with Gasteiger partial charge in [0.2, 0.25) is 17.7 Å². The number of fused-ring (bicyclic) bond motifs is 1. The van der Waals surface area contributed by atoms with E-state index in [0.29, 0.717) is 5.69 Å². The van der Waals surface area contributed by atoms with Crippen LogP contribution in [0.4, 0.5) is 5.69 Å². The smallest absolute Gasteiger partial charge is 0.244 e. The van der Waals surface area contributed by atoms with Crippen molar-refractivity contribution in [3.05, 3.63) is 30.5 Å². The highest BCUT2D eigenvalue weighted by atomic mass is 32.2. The third kappa shape index (κ3) is 3.05. The van der Waals surface area contributed by atoms with Crippen molar-refractivity contribution >= 4 is 35.2 Å². The predicted octanol–water partition coefficient (Wildman–Crippen LogP) is 1.74. The van der Waals surface area contributed by atoms with Gasteiger partial charge in [-0.2, -0.15) is 0 Å². The number of thioether (sulfide) groups is 1. The summed E-state index contributed by atoms with van der Waals surface area (Å²) in [5.41, 5.74) is 2.23. The van der Waals surface area contributed by atoms with Crippen molar-refractivity contribution in [2.75, 3.05) is 17.6 Å². The molecule has 128 valence electrons. The standard InChI is InChI=1S/C17H16N4O3S/c22-14(10-21-15(23)5-6-16(21)24)18-12-4-2-1-3-11(12)13-9-20-7-8-25-17(20)19-13/h1-4,9H,5-8,10H2,(H,18,22). The zero-order valence-electron chi connectivity index (χ0n) is 13.4. The Morgan fingerprint density at radius 1 is 1.20 bits per heavy atom. The number of likely N-dealkylation sites (tertiary alicyclic amines) is 1. The minimum absolute atomic E-state index is 0.181. The van der Waals surface area contributed by atoms with Gasteiger partial charge in [0.05, 0.1) is 11.4 Å². The second-order valence-electron chi connectivity index (χ2n) is 5.92. The van der Waals surface area contributed by atoms with Gasteiger partial charge in [-0.3, -0.25) is 19.3 Å². The number of aryl methyl sites for hydroxylation is 1. The van der Waals surface area contributed by atoms with E-state index in [-0.39, 0.29) is 31.2 Å². The Morgan fingerprint density at radius 3 is 2.72 bits per heavy atom. The SMILES string of the molecule is O=C(CN1C(=O)CCC1=O)Nc1ccccc1-c1cn2c(n1)SCC2. The van der Waals surface area contributed by atoms with Crippen molar-refractivity contribution < 1.29 is 14.4 Å². The highest BCUT2D eigenvalue weighted by molar-refractivity contribution is 7.99. The molecule has 0 saturated carbocycles. The van der Waals surface area contributed by atoms with E-state index in [1.54, 1.807) is 17.8 Å². The molecule has 2 aliphatic rings. The summed E-state index contributed by atoms with van der Waals surface area (Å²) >= 11 is 1.71. The minimum Gasteiger partial charge on any atom is -0.325 e. The number of imidazole rings is 1. The van der Waals surface area contributed by atoms with Crippen LogP contribution in [0.3, 0.4) is 0 Å². The zero-order valence-corrected chi connectivity index (χ0v) is 14.2. The predicted molar refractivity (Wildman–Crippen MR) is 93.0 cm³/mol. The average Bonchev–Trinajstić information content (AvgIpc) is 3.26. The summed E-state index contributed by atoms with van der Waals surface area (Å²) in [7, 11) is 0. The molecule has 8 heteroatoms. The van der Waals surface area contributed by atoms with Crippen LogP contribution in [-0.4, -0.2) is 44.5 Å². The maximum Gasteiger partial charge on any atom is 0.244 e. The molecule has 0 unspecified atom stereocenters. The van der Waals surface area contributed by atoms with Gasteiger partial charge in [0.25, 0.3) is 0 Å². The van der Waals surface area contributed by atoms with E-state index in [1.165, 1.54) is 0 Å². The molecule has 2 aromatic rings. The first-order valence-corrected chi connectivity index (χ1v) is 9.03. The number of carbonyl (C=O) groups is 3. The van der Waals surface area contributed by atoms with E-state index in [9.17, 15) is 14.4 Å². The first kappa shape index (κ1) is 15.9. The highest BCUT2D eigenvalue weighted by Crippen LogP contribution is 2.32. The molecule has 1 aromatic carbocycles. The Labute approximate surface area is 148 Å². The van der Waals surface area contributed by atoms with E-state index < -0.39 is 5.91 Å². The Balaban J connectivity index is 1.53. The second-order valence-corrected chi connectivity index (χ2v) is 6.98. The molecule has 0 bridgehead atoms. The number of para-hydroxylation sites is 1. The largest absolute Gasteiger partial charge is 0.325 e. The molecular formula is C17H16N4O3S. The van der Waals surface area contributed by atoms with Gasteiger partial charge in [-0.05, 0) is 6.07 Å². The van der Waals surface area contributed by atoms with Gasteiger partial charge in [-0.1, -0.05) is 30.0 Å². The van der Waals surface area contributed by atoms with Crippen LogP contribution in [-0.2, 0) is 20.9 Å². The quantitative estimate of drug-likeness (QED) is 0.844. The first-order valence-electron chi connectivity index (χ1n) is 8.04. The third-order valence-corrected chi connectivity index (χ3v) is 5.21. The summed E-state index contributed by atoms with van der Waals surface area (Å²) in [6.45, 7) is 0.683. The van der Waals surface area contributed by atoms with Gasteiger partial charge in [0.15, 0.2) is 5.16 Å². The Kier molecular flexibility index (Phi) is 4.04. The van der Waals surface area contributed by atoms with Crippen LogP contribution in [0, 0.1) is 0 Å². The fourth-order valence-corrected chi connectivity index (χ4v) is 3.93. The van der Waals surface area contributed by atoms with Crippen molar-refractivity contribution in [3.8, 4) is 11.3 Å². The summed E-state index contributed by atoms with van der Waals surface area (Å²) in [6, 6.07) is 7.39. The van der Waals surface area contributed by atoms with E-state index >= 15 is 0 Å². The highest BCUT2D eigenvalue weighted by Gasteiger charge is 2.30. The maximum absolute atomic E-state index is 12.3. The number of amides is 3.